The highest BCUT2D eigenvalue weighted by Gasteiger charge is 2.18. The molecule has 0 saturated heterocycles. The van der Waals surface area contributed by atoms with Crippen molar-refractivity contribution < 1.29 is 9.53 Å². The maximum absolute atomic E-state index is 12.2. The lowest BCUT2D eigenvalue weighted by atomic mass is 10.0. The minimum atomic E-state index is 0.0294. The average molecular weight is 356 g/mol. The molecule has 1 aromatic heterocycles. The van der Waals surface area contributed by atoms with E-state index in [-0.39, 0.29) is 5.91 Å². The van der Waals surface area contributed by atoms with E-state index in [9.17, 15) is 4.79 Å². The molecule has 4 heteroatoms. The molecule has 0 atom stereocenters. The number of carbonyl (C=O) groups is 1. The smallest absolute Gasteiger partial charge is 0.224 e. The van der Waals surface area contributed by atoms with Crippen LogP contribution in [0.2, 0.25) is 0 Å². The molecule has 134 valence electrons. The predicted octanol–water partition coefficient (Wildman–Crippen LogP) is 4.70. The summed E-state index contributed by atoms with van der Waals surface area (Å²) < 4.78 is 5.93. The van der Waals surface area contributed by atoms with Crippen LogP contribution >= 0.6 is 0 Å². The SMILES string of the molecule is CC(=O)N1Cc2ccc(OCc3ccncc3)cc2C=Cc2ccccc21. The van der Waals surface area contributed by atoms with Crippen LogP contribution in [0.3, 0.4) is 0 Å². The van der Waals surface area contributed by atoms with E-state index in [4.69, 9.17) is 4.74 Å². The van der Waals surface area contributed by atoms with Gasteiger partial charge >= 0.3 is 0 Å². The van der Waals surface area contributed by atoms with Gasteiger partial charge in [0, 0.05) is 19.3 Å². The summed E-state index contributed by atoms with van der Waals surface area (Å²) in [6.45, 7) is 2.64. The Morgan fingerprint density at radius 2 is 1.81 bits per heavy atom. The molecule has 0 spiro atoms. The topological polar surface area (TPSA) is 42.4 Å². The first-order valence-electron chi connectivity index (χ1n) is 8.90. The number of para-hydroxylation sites is 1. The summed E-state index contributed by atoms with van der Waals surface area (Å²) in [7, 11) is 0. The van der Waals surface area contributed by atoms with Crippen molar-refractivity contribution in [3.8, 4) is 5.75 Å². The number of hydrogen-bond donors (Lipinski definition) is 0. The number of hydrogen-bond acceptors (Lipinski definition) is 3. The van der Waals surface area contributed by atoms with E-state index in [1.807, 2.05) is 59.5 Å². The van der Waals surface area contributed by atoms with Crippen molar-refractivity contribution in [2.75, 3.05) is 4.90 Å². The minimum absolute atomic E-state index is 0.0294. The number of pyridine rings is 1. The summed E-state index contributed by atoms with van der Waals surface area (Å²) in [6.07, 6.45) is 7.66. The van der Waals surface area contributed by atoms with Gasteiger partial charge in [0.25, 0.3) is 0 Å². The lowest BCUT2D eigenvalue weighted by molar-refractivity contribution is -0.116. The van der Waals surface area contributed by atoms with Crippen LogP contribution < -0.4 is 9.64 Å². The molecule has 4 rings (SSSR count). The van der Waals surface area contributed by atoms with E-state index in [0.29, 0.717) is 13.2 Å². The Balaban J connectivity index is 1.64. The van der Waals surface area contributed by atoms with Gasteiger partial charge in [-0.2, -0.15) is 0 Å². The van der Waals surface area contributed by atoms with Crippen molar-refractivity contribution in [3.63, 3.8) is 0 Å². The molecule has 0 saturated carbocycles. The maximum atomic E-state index is 12.2. The second-order valence-corrected chi connectivity index (χ2v) is 6.50. The van der Waals surface area contributed by atoms with Crippen molar-refractivity contribution in [2.24, 2.45) is 0 Å². The van der Waals surface area contributed by atoms with Crippen LogP contribution in [0.5, 0.6) is 5.75 Å². The van der Waals surface area contributed by atoms with Gasteiger partial charge in [-0.1, -0.05) is 36.4 Å². The Kier molecular flexibility index (Phi) is 4.71. The van der Waals surface area contributed by atoms with Gasteiger partial charge in [0.2, 0.25) is 5.91 Å². The van der Waals surface area contributed by atoms with Crippen molar-refractivity contribution in [1.29, 1.82) is 0 Å². The van der Waals surface area contributed by atoms with Crippen LogP contribution in [0.1, 0.15) is 29.2 Å². The lowest BCUT2D eigenvalue weighted by Gasteiger charge is -2.26. The highest BCUT2D eigenvalue weighted by atomic mass is 16.5. The maximum Gasteiger partial charge on any atom is 0.224 e. The van der Waals surface area contributed by atoms with Crippen LogP contribution in [-0.4, -0.2) is 10.9 Å². The van der Waals surface area contributed by atoms with E-state index in [1.54, 1.807) is 19.3 Å². The molecule has 0 fully saturated rings. The molecule has 4 nitrogen and oxygen atoms in total. The Labute approximate surface area is 158 Å². The van der Waals surface area contributed by atoms with Gasteiger partial charge in [-0.3, -0.25) is 9.78 Å². The van der Waals surface area contributed by atoms with Crippen LogP contribution in [0, 0.1) is 0 Å². The van der Waals surface area contributed by atoms with E-state index >= 15 is 0 Å². The largest absolute Gasteiger partial charge is 0.489 e. The fraction of sp³-hybridized carbons (Fsp3) is 0.130. The van der Waals surface area contributed by atoms with Gasteiger partial charge in [0.05, 0.1) is 12.2 Å². The molecule has 2 aromatic carbocycles. The summed E-state index contributed by atoms with van der Waals surface area (Å²) in [5, 5.41) is 0. The van der Waals surface area contributed by atoms with Gasteiger partial charge in [-0.25, -0.2) is 0 Å². The Morgan fingerprint density at radius 3 is 2.63 bits per heavy atom. The third-order valence-corrected chi connectivity index (χ3v) is 4.65. The van der Waals surface area contributed by atoms with Crippen LogP contribution in [0.15, 0.2) is 67.0 Å². The van der Waals surface area contributed by atoms with Crippen LogP contribution in [-0.2, 0) is 17.9 Å². The Morgan fingerprint density at radius 1 is 1.04 bits per heavy atom. The summed E-state index contributed by atoms with van der Waals surface area (Å²) in [5.74, 6) is 0.833. The molecule has 0 unspecified atom stereocenters. The first-order chi connectivity index (χ1) is 13.2. The summed E-state index contributed by atoms with van der Waals surface area (Å²) in [6, 6.07) is 17.9. The molecule has 2 heterocycles. The van der Waals surface area contributed by atoms with Gasteiger partial charge in [-0.05, 0) is 52.6 Å². The second-order valence-electron chi connectivity index (χ2n) is 6.50. The van der Waals surface area contributed by atoms with Crippen molar-refractivity contribution in [3.05, 3.63) is 89.2 Å². The fourth-order valence-corrected chi connectivity index (χ4v) is 3.20. The number of rotatable bonds is 3. The monoisotopic (exact) mass is 356 g/mol. The standard InChI is InChI=1S/C23H20N2O2/c1-17(26)25-15-21-8-9-22(27-16-18-10-12-24-13-11-18)14-20(21)7-6-19-4-2-3-5-23(19)25/h2-14H,15-16H2,1H3. The summed E-state index contributed by atoms with van der Waals surface area (Å²) in [4.78, 5) is 18.1. The predicted molar refractivity (Wildman–Crippen MR) is 107 cm³/mol. The third kappa shape index (κ3) is 3.75. The van der Waals surface area contributed by atoms with Crippen molar-refractivity contribution in [2.45, 2.75) is 20.1 Å². The molecule has 0 N–H and O–H groups in total. The zero-order valence-corrected chi connectivity index (χ0v) is 15.1. The number of anilines is 1. The lowest BCUT2D eigenvalue weighted by Crippen LogP contribution is -2.29. The first kappa shape index (κ1) is 17.0. The highest BCUT2D eigenvalue weighted by Crippen LogP contribution is 2.30. The molecule has 0 aliphatic carbocycles. The molecule has 1 amide bonds. The van der Waals surface area contributed by atoms with Gasteiger partial charge in [0.15, 0.2) is 0 Å². The Bertz CT molecular complexity index is 996. The number of carbonyl (C=O) groups excluding carboxylic acids is 1. The molecule has 1 aliphatic heterocycles. The molecule has 3 aromatic rings. The van der Waals surface area contributed by atoms with Crippen LogP contribution in [0.4, 0.5) is 5.69 Å². The van der Waals surface area contributed by atoms with E-state index < -0.39 is 0 Å². The molecule has 1 aliphatic rings. The summed E-state index contributed by atoms with van der Waals surface area (Å²) >= 11 is 0. The first-order valence-corrected chi connectivity index (χ1v) is 8.90. The fourth-order valence-electron chi connectivity index (χ4n) is 3.20. The van der Waals surface area contributed by atoms with Crippen molar-refractivity contribution >= 4 is 23.7 Å². The minimum Gasteiger partial charge on any atom is -0.489 e. The van der Waals surface area contributed by atoms with Crippen LogP contribution in [0.25, 0.3) is 12.2 Å². The van der Waals surface area contributed by atoms with E-state index in [0.717, 1.165) is 33.7 Å². The molecule has 0 bridgehead atoms. The van der Waals surface area contributed by atoms with Gasteiger partial charge in [0.1, 0.15) is 12.4 Å². The number of benzene rings is 2. The van der Waals surface area contributed by atoms with Crippen molar-refractivity contribution in [1.82, 2.24) is 4.98 Å². The molecule has 27 heavy (non-hydrogen) atoms. The average Bonchev–Trinajstić information content (AvgIpc) is 2.69. The zero-order valence-electron chi connectivity index (χ0n) is 15.1. The molecular formula is C23H20N2O2. The van der Waals surface area contributed by atoms with E-state index in [1.165, 1.54) is 0 Å². The number of amides is 1. The van der Waals surface area contributed by atoms with Gasteiger partial charge < -0.3 is 9.64 Å². The van der Waals surface area contributed by atoms with E-state index in [2.05, 4.69) is 17.1 Å². The number of ether oxygens (including phenoxy) is 1. The Hall–Kier alpha value is -3.40. The molecule has 0 radical (unpaired) electrons. The second kappa shape index (κ2) is 7.46. The summed E-state index contributed by atoms with van der Waals surface area (Å²) in [5.41, 5.74) is 5.19. The quantitative estimate of drug-likeness (QED) is 0.683. The number of aromatic nitrogens is 1. The third-order valence-electron chi connectivity index (χ3n) is 4.65. The normalized spacial score (nSPS) is 12.6. The number of nitrogens with zero attached hydrogens (tertiary/aromatic N) is 2. The zero-order chi connectivity index (χ0) is 18.6. The highest BCUT2D eigenvalue weighted by molar-refractivity contribution is 5.95. The molecular weight excluding hydrogens is 336 g/mol. The number of fused-ring (bicyclic) bond motifs is 2. The van der Waals surface area contributed by atoms with Gasteiger partial charge in [-0.15, -0.1) is 0 Å².